The van der Waals surface area contributed by atoms with Crippen LogP contribution in [0, 0.1) is 0 Å². The number of carbonyl (C=O) groups is 2. The number of carboxylic acid groups (broad SMARTS) is 1. The summed E-state index contributed by atoms with van der Waals surface area (Å²) in [6, 6.07) is 0. The molecule has 7 nitrogen and oxygen atoms in total. The first kappa shape index (κ1) is 19.8. The zero-order valence-electron chi connectivity index (χ0n) is 12.2. The highest BCUT2D eigenvalue weighted by atomic mass is 16.5. The van der Waals surface area contributed by atoms with Crippen molar-refractivity contribution in [3.05, 3.63) is 0 Å². The van der Waals surface area contributed by atoms with Crippen LogP contribution in [0.2, 0.25) is 0 Å². The molecule has 0 aliphatic carbocycles. The number of aliphatic hydroxyl groups excluding tert-OH is 3. The Kier molecular flexibility index (Phi) is 11.8. The number of carbonyl (C=O) groups excluding carboxylic acids is 1. The van der Waals surface area contributed by atoms with Crippen LogP contribution in [0.1, 0.15) is 51.4 Å². The van der Waals surface area contributed by atoms with Crippen molar-refractivity contribution in [1.82, 2.24) is 0 Å². The summed E-state index contributed by atoms with van der Waals surface area (Å²) < 4.78 is 4.77. The molecule has 0 aromatic carbocycles. The Morgan fingerprint density at radius 3 is 1.90 bits per heavy atom. The summed E-state index contributed by atoms with van der Waals surface area (Å²) in [5.74, 6) is -1.21. The lowest BCUT2D eigenvalue weighted by Crippen LogP contribution is -2.34. The maximum Gasteiger partial charge on any atom is 0.305 e. The topological polar surface area (TPSA) is 124 Å². The van der Waals surface area contributed by atoms with Crippen LogP contribution in [0.5, 0.6) is 0 Å². The Bertz CT molecular complexity index is 293. The van der Waals surface area contributed by atoms with E-state index in [2.05, 4.69) is 0 Å². The van der Waals surface area contributed by atoms with Crippen molar-refractivity contribution in [1.29, 1.82) is 0 Å². The second-order valence-corrected chi connectivity index (χ2v) is 5.02. The molecule has 0 aliphatic rings. The zero-order chi connectivity index (χ0) is 16.1. The van der Waals surface area contributed by atoms with Crippen molar-refractivity contribution < 1.29 is 34.8 Å². The van der Waals surface area contributed by atoms with Gasteiger partial charge in [-0.15, -0.1) is 0 Å². The van der Waals surface area contributed by atoms with Crippen molar-refractivity contribution in [3.63, 3.8) is 0 Å². The fourth-order valence-electron chi connectivity index (χ4n) is 1.74. The first-order valence-electron chi connectivity index (χ1n) is 7.31. The first-order valence-corrected chi connectivity index (χ1v) is 7.31. The van der Waals surface area contributed by atoms with Gasteiger partial charge in [-0.2, -0.15) is 0 Å². The van der Waals surface area contributed by atoms with E-state index in [4.69, 9.17) is 20.1 Å². The Balaban J connectivity index is 3.40. The van der Waals surface area contributed by atoms with Crippen LogP contribution >= 0.6 is 0 Å². The molecule has 0 fully saturated rings. The molecule has 0 spiro atoms. The van der Waals surface area contributed by atoms with Crippen molar-refractivity contribution in [2.45, 2.75) is 63.6 Å². The Labute approximate surface area is 124 Å². The van der Waals surface area contributed by atoms with E-state index in [0.717, 1.165) is 25.7 Å². The normalized spacial score (nSPS) is 13.7. The number of hydrogen-bond acceptors (Lipinski definition) is 6. The third-order valence-corrected chi connectivity index (χ3v) is 3.07. The van der Waals surface area contributed by atoms with Crippen LogP contribution in [-0.2, 0) is 14.3 Å². The van der Waals surface area contributed by atoms with E-state index in [-0.39, 0.29) is 19.4 Å². The maximum absolute atomic E-state index is 11.3. The van der Waals surface area contributed by atoms with Gasteiger partial charge in [0.25, 0.3) is 0 Å². The highest BCUT2D eigenvalue weighted by Gasteiger charge is 2.16. The van der Waals surface area contributed by atoms with Gasteiger partial charge in [0.2, 0.25) is 0 Å². The fraction of sp³-hybridized carbons (Fsp3) is 0.857. The third kappa shape index (κ3) is 12.3. The number of aliphatic hydroxyl groups is 3. The average molecular weight is 306 g/mol. The van der Waals surface area contributed by atoms with E-state index in [1.807, 2.05) is 0 Å². The summed E-state index contributed by atoms with van der Waals surface area (Å²) in [5.41, 5.74) is 0. The molecular weight excluding hydrogens is 280 g/mol. The SMILES string of the molecule is O=C(O)CCCCCCCCC(=O)OC[C@H](O)[C@H](O)CO. The summed E-state index contributed by atoms with van der Waals surface area (Å²) in [4.78, 5) is 21.6. The van der Waals surface area contributed by atoms with Crippen molar-refractivity contribution in [2.24, 2.45) is 0 Å². The minimum absolute atomic E-state index is 0.203. The summed E-state index contributed by atoms with van der Waals surface area (Å²) >= 11 is 0. The van der Waals surface area contributed by atoms with E-state index in [0.29, 0.717) is 12.8 Å². The number of aliphatic carboxylic acids is 1. The molecule has 21 heavy (non-hydrogen) atoms. The lowest BCUT2D eigenvalue weighted by molar-refractivity contribution is -0.149. The predicted molar refractivity (Wildman–Crippen MR) is 74.6 cm³/mol. The van der Waals surface area contributed by atoms with E-state index < -0.39 is 30.8 Å². The summed E-state index contributed by atoms with van der Waals surface area (Å²) in [5, 5.41) is 35.4. The van der Waals surface area contributed by atoms with Gasteiger partial charge in [0, 0.05) is 12.8 Å². The fourth-order valence-corrected chi connectivity index (χ4v) is 1.74. The number of hydrogen-bond donors (Lipinski definition) is 4. The largest absolute Gasteiger partial charge is 0.481 e. The molecule has 0 saturated heterocycles. The lowest BCUT2D eigenvalue weighted by atomic mass is 10.1. The third-order valence-electron chi connectivity index (χ3n) is 3.07. The summed E-state index contributed by atoms with van der Waals surface area (Å²) in [7, 11) is 0. The minimum Gasteiger partial charge on any atom is -0.481 e. The molecule has 0 aromatic heterocycles. The van der Waals surface area contributed by atoms with Crippen LogP contribution in [-0.4, -0.2) is 57.8 Å². The van der Waals surface area contributed by atoms with Crippen LogP contribution < -0.4 is 0 Å². The molecular formula is C14H26O7. The van der Waals surface area contributed by atoms with Crippen LogP contribution in [0.15, 0.2) is 0 Å². The van der Waals surface area contributed by atoms with Gasteiger partial charge in [0.05, 0.1) is 6.61 Å². The standard InChI is InChI=1S/C14H26O7/c15-9-11(16)12(17)10-21-14(20)8-6-4-2-1-3-5-7-13(18)19/h11-12,15-17H,1-10H2,(H,18,19)/t11-,12+/m1/s1. The van der Waals surface area contributed by atoms with Crippen LogP contribution in [0.4, 0.5) is 0 Å². The molecule has 0 amide bonds. The van der Waals surface area contributed by atoms with Gasteiger partial charge in [0.1, 0.15) is 18.8 Å². The maximum atomic E-state index is 11.3. The van der Waals surface area contributed by atoms with Gasteiger partial charge >= 0.3 is 11.9 Å². The van der Waals surface area contributed by atoms with Gasteiger partial charge < -0.3 is 25.2 Å². The zero-order valence-corrected chi connectivity index (χ0v) is 12.2. The van der Waals surface area contributed by atoms with Gasteiger partial charge in [-0.05, 0) is 12.8 Å². The molecule has 0 aromatic rings. The van der Waals surface area contributed by atoms with Gasteiger partial charge in [0.15, 0.2) is 0 Å². The molecule has 0 radical (unpaired) electrons. The first-order chi connectivity index (χ1) is 9.97. The van der Waals surface area contributed by atoms with E-state index in [1.54, 1.807) is 0 Å². The molecule has 0 heterocycles. The van der Waals surface area contributed by atoms with Crippen LogP contribution in [0.3, 0.4) is 0 Å². The molecule has 0 rings (SSSR count). The van der Waals surface area contributed by atoms with Gasteiger partial charge in [-0.1, -0.05) is 25.7 Å². The van der Waals surface area contributed by atoms with Crippen molar-refractivity contribution in [2.75, 3.05) is 13.2 Å². The van der Waals surface area contributed by atoms with Gasteiger partial charge in [-0.3, -0.25) is 9.59 Å². The lowest BCUT2D eigenvalue weighted by Gasteiger charge is -2.15. The molecule has 2 atom stereocenters. The Morgan fingerprint density at radius 1 is 0.857 bits per heavy atom. The highest BCUT2D eigenvalue weighted by molar-refractivity contribution is 5.69. The predicted octanol–water partition coefficient (Wildman–Crippen LogP) is 0.449. The molecule has 0 aliphatic heterocycles. The molecule has 0 saturated carbocycles. The second kappa shape index (κ2) is 12.6. The van der Waals surface area contributed by atoms with E-state index >= 15 is 0 Å². The number of esters is 1. The molecule has 0 bridgehead atoms. The van der Waals surface area contributed by atoms with E-state index in [1.165, 1.54) is 0 Å². The van der Waals surface area contributed by atoms with Crippen LogP contribution in [0.25, 0.3) is 0 Å². The highest BCUT2D eigenvalue weighted by Crippen LogP contribution is 2.09. The Morgan fingerprint density at radius 2 is 1.38 bits per heavy atom. The van der Waals surface area contributed by atoms with Crippen molar-refractivity contribution >= 4 is 11.9 Å². The number of carboxylic acids is 1. The molecule has 7 heteroatoms. The molecule has 0 unspecified atom stereocenters. The second-order valence-electron chi connectivity index (χ2n) is 5.02. The van der Waals surface area contributed by atoms with Gasteiger partial charge in [-0.25, -0.2) is 0 Å². The van der Waals surface area contributed by atoms with E-state index in [9.17, 15) is 14.7 Å². The number of rotatable bonds is 13. The molecule has 124 valence electrons. The number of ether oxygens (including phenoxy) is 1. The summed E-state index contributed by atoms with van der Waals surface area (Å²) in [6.45, 7) is -0.906. The monoisotopic (exact) mass is 306 g/mol. The summed E-state index contributed by atoms with van der Waals surface area (Å²) in [6.07, 6.45) is 2.87. The quantitative estimate of drug-likeness (QED) is 0.287. The number of unbranched alkanes of at least 4 members (excludes halogenated alkanes) is 5. The molecule has 4 N–H and O–H groups in total. The van der Waals surface area contributed by atoms with Crippen molar-refractivity contribution in [3.8, 4) is 0 Å². The minimum atomic E-state index is -1.30. The average Bonchev–Trinajstić information content (AvgIpc) is 2.46. The smallest absolute Gasteiger partial charge is 0.305 e. The Hall–Kier alpha value is -1.18.